The monoisotopic (exact) mass is 525 g/mol. The zero-order valence-electron chi connectivity index (χ0n) is 18.4. The fourth-order valence-electron chi connectivity index (χ4n) is 4.43. The van der Waals surface area contributed by atoms with Crippen LogP contribution < -0.4 is 5.56 Å². The summed E-state index contributed by atoms with van der Waals surface area (Å²) in [5.74, 6) is -0.966. The first-order valence-corrected chi connectivity index (χ1v) is 11.8. The highest BCUT2D eigenvalue weighted by molar-refractivity contribution is 6.35. The summed E-state index contributed by atoms with van der Waals surface area (Å²) in [5.41, 5.74) is 3.13. The van der Waals surface area contributed by atoms with Crippen molar-refractivity contribution in [2.45, 2.75) is 20.0 Å². The summed E-state index contributed by atoms with van der Waals surface area (Å²) in [6.45, 7) is 1.76. The number of carboxylic acids is 1. The Morgan fingerprint density at radius 2 is 1.63 bits per heavy atom. The minimum atomic E-state index is -0.966. The van der Waals surface area contributed by atoms with Crippen LogP contribution in [0.2, 0.25) is 15.1 Å². The van der Waals surface area contributed by atoms with Crippen LogP contribution in [0, 0.1) is 6.92 Å². The van der Waals surface area contributed by atoms with Gasteiger partial charge in [-0.15, -0.1) is 0 Å². The first-order chi connectivity index (χ1) is 16.7. The summed E-state index contributed by atoms with van der Waals surface area (Å²) in [7, 11) is 0. The van der Waals surface area contributed by atoms with Gasteiger partial charge in [0, 0.05) is 42.6 Å². The molecule has 3 aromatic carbocycles. The molecule has 0 bridgehead atoms. The molecule has 0 radical (unpaired) electrons. The molecule has 0 aliphatic carbocycles. The van der Waals surface area contributed by atoms with Crippen molar-refractivity contribution in [1.29, 1.82) is 0 Å². The highest BCUT2D eigenvalue weighted by atomic mass is 35.5. The average molecular weight is 527 g/mol. The number of nitrogens with zero attached hydrogens (tertiary/aromatic N) is 3. The maximum atomic E-state index is 13.4. The Morgan fingerprint density at radius 3 is 2.34 bits per heavy atom. The highest BCUT2D eigenvalue weighted by Crippen LogP contribution is 2.37. The lowest BCUT2D eigenvalue weighted by molar-refractivity contribution is -0.137. The molecule has 0 amide bonds. The Labute approximate surface area is 214 Å². The summed E-state index contributed by atoms with van der Waals surface area (Å²) in [6, 6.07) is 17.6. The number of carboxylic acid groups (broad SMARTS) is 1. The van der Waals surface area contributed by atoms with E-state index in [1.165, 1.54) is 4.68 Å². The predicted octanol–water partition coefficient (Wildman–Crippen LogP) is 6.42. The van der Waals surface area contributed by atoms with Crippen LogP contribution in [0.25, 0.3) is 32.9 Å². The lowest BCUT2D eigenvalue weighted by atomic mass is 10.0. The number of rotatable bonds is 5. The molecule has 6 nitrogen and oxygen atoms in total. The van der Waals surface area contributed by atoms with E-state index < -0.39 is 5.97 Å². The number of aliphatic carboxylic acids is 1. The Bertz CT molecular complexity index is 1710. The first kappa shape index (κ1) is 23.4. The molecule has 0 aliphatic rings. The molecule has 35 heavy (non-hydrogen) atoms. The zero-order chi connectivity index (χ0) is 24.9. The number of benzene rings is 3. The van der Waals surface area contributed by atoms with E-state index in [1.807, 2.05) is 19.1 Å². The van der Waals surface area contributed by atoms with Gasteiger partial charge in [-0.3, -0.25) is 9.59 Å². The normalized spacial score (nSPS) is 11.4. The van der Waals surface area contributed by atoms with E-state index in [0.717, 1.165) is 10.9 Å². The van der Waals surface area contributed by atoms with Crippen LogP contribution in [-0.4, -0.2) is 25.4 Å². The van der Waals surface area contributed by atoms with Crippen molar-refractivity contribution in [3.8, 4) is 11.3 Å². The van der Waals surface area contributed by atoms with E-state index in [-0.39, 0.29) is 18.6 Å². The van der Waals surface area contributed by atoms with E-state index in [4.69, 9.17) is 39.9 Å². The van der Waals surface area contributed by atoms with Crippen molar-refractivity contribution < 1.29 is 9.90 Å². The second-order valence-electron chi connectivity index (χ2n) is 8.19. The van der Waals surface area contributed by atoms with Crippen molar-refractivity contribution in [3.63, 3.8) is 0 Å². The maximum Gasteiger partial charge on any atom is 0.323 e. The van der Waals surface area contributed by atoms with Crippen LogP contribution >= 0.6 is 34.8 Å². The quantitative estimate of drug-likeness (QED) is 0.287. The van der Waals surface area contributed by atoms with Gasteiger partial charge >= 0.3 is 5.97 Å². The van der Waals surface area contributed by atoms with Crippen LogP contribution in [0.1, 0.15) is 11.3 Å². The first-order valence-electron chi connectivity index (χ1n) is 10.7. The van der Waals surface area contributed by atoms with Crippen molar-refractivity contribution in [2.24, 2.45) is 0 Å². The molecule has 2 aromatic heterocycles. The summed E-state index contributed by atoms with van der Waals surface area (Å²) in [6.07, 6.45) is 0. The molecule has 0 unspecified atom stereocenters. The van der Waals surface area contributed by atoms with Gasteiger partial charge in [0.2, 0.25) is 0 Å². The molecule has 0 aliphatic heterocycles. The Hall–Kier alpha value is -3.32. The van der Waals surface area contributed by atoms with Gasteiger partial charge in [0.1, 0.15) is 12.2 Å². The predicted molar refractivity (Wildman–Crippen MR) is 140 cm³/mol. The molecule has 0 atom stereocenters. The van der Waals surface area contributed by atoms with E-state index in [9.17, 15) is 14.7 Å². The van der Waals surface area contributed by atoms with E-state index in [2.05, 4.69) is 0 Å². The SMILES string of the molecule is Cc1c(-c2nn(Cc3ccc(Cl)cc3Cl)c(=O)c3ccccc23)c2cc(Cl)ccc2n1CC(=O)O. The third kappa shape index (κ3) is 4.18. The number of hydrogen-bond acceptors (Lipinski definition) is 3. The van der Waals surface area contributed by atoms with Crippen LogP contribution in [-0.2, 0) is 17.9 Å². The van der Waals surface area contributed by atoms with Crippen molar-refractivity contribution >= 4 is 62.4 Å². The molecule has 1 N–H and O–H groups in total. The third-order valence-electron chi connectivity index (χ3n) is 6.02. The van der Waals surface area contributed by atoms with Gasteiger partial charge in [0.25, 0.3) is 5.56 Å². The van der Waals surface area contributed by atoms with Crippen LogP contribution in [0.5, 0.6) is 0 Å². The number of aromatic nitrogens is 3. The summed E-state index contributed by atoms with van der Waals surface area (Å²) < 4.78 is 3.09. The van der Waals surface area contributed by atoms with Gasteiger partial charge in [0.05, 0.1) is 11.9 Å². The van der Waals surface area contributed by atoms with Gasteiger partial charge in [-0.1, -0.05) is 59.1 Å². The largest absolute Gasteiger partial charge is 0.480 e. The zero-order valence-corrected chi connectivity index (χ0v) is 20.7. The van der Waals surface area contributed by atoms with Gasteiger partial charge < -0.3 is 9.67 Å². The van der Waals surface area contributed by atoms with Gasteiger partial charge in [-0.2, -0.15) is 5.10 Å². The summed E-state index contributed by atoms with van der Waals surface area (Å²) in [4.78, 5) is 25.0. The van der Waals surface area contributed by atoms with Crippen molar-refractivity contribution in [2.75, 3.05) is 0 Å². The number of hydrogen-bond donors (Lipinski definition) is 1. The minimum Gasteiger partial charge on any atom is -0.480 e. The van der Waals surface area contributed by atoms with E-state index in [1.54, 1.807) is 53.1 Å². The highest BCUT2D eigenvalue weighted by Gasteiger charge is 2.22. The molecule has 0 fully saturated rings. The Morgan fingerprint density at radius 1 is 0.943 bits per heavy atom. The van der Waals surface area contributed by atoms with Gasteiger partial charge in [-0.25, -0.2) is 4.68 Å². The molecule has 2 heterocycles. The number of halogens is 3. The average Bonchev–Trinajstić information content (AvgIpc) is 3.07. The fraction of sp³-hybridized carbons (Fsp3) is 0.115. The van der Waals surface area contributed by atoms with Crippen LogP contribution in [0.15, 0.2) is 65.5 Å². The minimum absolute atomic E-state index is 0.139. The smallest absolute Gasteiger partial charge is 0.323 e. The Kier molecular flexibility index (Phi) is 6.05. The topological polar surface area (TPSA) is 77.1 Å². The standard InChI is InChI=1S/C26H18Cl3N3O3/c1-14-24(20-10-16(27)8-9-22(20)31(14)13-23(33)34)25-18-4-2-3-5-19(18)26(35)32(30-25)12-15-6-7-17(28)11-21(15)29/h2-11H,12-13H2,1H3,(H,33,34). The lowest BCUT2D eigenvalue weighted by Crippen LogP contribution is -2.24. The molecule has 5 aromatic rings. The number of carbonyl (C=O) groups is 1. The molecular weight excluding hydrogens is 509 g/mol. The second-order valence-corrected chi connectivity index (χ2v) is 9.47. The summed E-state index contributed by atoms with van der Waals surface area (Å²) >= 11 is 18.7. The second kappa shape index (κ2) is 9.04. The van der Waals surface area contributed by atoms with Gasteiger partial charge in [0.15, 0.2) is 0 Å². The Balaban J connectivity index is 1.83. The van der Waals surface area contributed by atoms with Crippen molar-refractivity contribution in [1.82, 2.24) is 14.3 Å². The molecule has 176 valence electrons. The van der Waals surface area contributed by atoms with Crippen molar-refractivity contribution in [3.05, 3.63) is 97.3 Å². The fourth-order valence-corrected chi connectivity index (χ4v) is 5.07. The maximum absolute atomic E-state index is 13.4. The lowest BCUT2D eigenvalue weighted by Gasteiger charge is -2.13. The molecule has 0 spiro atoms. The molecule has 0 saturated heterocycles. The number of fused-ring (bicyclic) bond motifs is 2. The molecule has 0 saturated carbocycles. The molecular formula is C26H18Cl3N3O3. The molecule has 5 rings (SSSR count). The third-order valence-corrected chi connectivity index (χ3v) is 6.84. The van der Waals surface area contributed by atoms with Crippen LogP contribution in [0.4, 0.5) is 0 Å². The summed E-state index contributed by atoms with van der Waals surface area (Å²) in [5, 5.41) is 17.6. The van der Waals surface area contributed by atoms with E-state index in [0.29, 0.717) is 48.3 Å². The van der Waals surface area contributed by atoms with E-state index >= 15 is 0 Å². The van der Waals surface area contributed by atoms with Crippen LogP contribution in [0.3, 0.4) is 0 Å². The van der Waals surface area contributed by atoms with Gasteiger partial charge in [-0.05, 0) is 48.9 Å². The molecule has 9 heteroatoms.